The molecule has 2 rings (SSSR count). The molecule has 0 unspecified atom stereocenters. The van der Waals surface area contributed by atoms with E-state index in [0.717, 1.165) is 12.1 Å². The molecule has 2 aromatic carbocycles. The third kappa shape index (κ3) is 3.39. The van der Waals surface area contributed by atoms with Crippen molar-refractivity contribution >= 4 is 5.97 Å². The minimum absolute atomic E-state index is 0.0300. The van der Waals surface area contributed by atoms with Gasteiger partial charge in [-0.25, -0.2) is 4.79 Å². The zero-order valence-electron chi connectivity index (χ0n) is 11.6. The Bertz CT molecular complexity index is 693. The van der Waals surface area contributed by atoms with E-state index in [4.69, 9.17) is 4.74 Å². The van der Waals surface area contributed by atoms with Crippen molar-refractivity contribution in [3.8, 4) is 16.9 Å². The molecule has 0 saturated carbocycles. The quantitative estimate of drug-likeness (QED) is 0.862. The normalized spacial score (nSPS) is 11.3. The maximum Gasteiger partial charge on any atom is 0.416 e. The number of carbonyl (C=O) groups excluding carboxylic acids is 1. The lowest BCUT2D eigenvalue weighted by molar-refractivity contribution is -0.137. The van der Waals surface area contributed by atoms with E-state index in [1.807, 2.05) is 0 Å². The number of phenols is 1. The molecule has 0 heterocycles. The highest BCUT2D eigenvalue weighted by Gasteiger charge is 2.30. The first kappa shape index (κ1) is 15.9. The predicted molar refractivity (Wildman–Crippen MR) is 74.5 cm³/mol. The summed E-state index contributed by atoms with van der Waals surface area (Å²) in [5, 5.41) is 9.86. The smallest absolute Gasteiger partial charge is 0.416 e. The van der Waals surface area contributed by atoms with Gasteiger partial charge in [0.1, 0.15) is 11.3 Å². The van der Waals surface area contributed by atoms with E-state index in [1.165, 1.54) is 30.3 Å². The first-order valence-corrected chi connectivity index (χ1v) is 6.50. The van der Waals surface area contributed by atoms with Crippen LogP contribution < -0.4 is 0 Å². The fraction of sp³-hybridized carbons (Fsp3) is 0.188. The molecule has 3 nitrogen and oxygen atoms in total. The van der Waals surface area contributed by atoms with Crippen molar-refractivity contribution in [3.63, 3.8) is 0 Å². The van der Waals surface area contributed by atoms with Crippen LogP contribution in [-0.4, -0.2) is 17.7 Å². The molecule has 0 aliphatic heterocycles. The van der Waals surface area contributed by atoms with Crippen molar-refractivity contribution in [1.29, 1.82) is 0 Å². The van der Waals surface area contributed by atoms with Gasteiger partial charge in [-0.2, -0.15) is 13.2 Å². The van der Waals surface area contributed by atoms with Crippen molar-refractivity contribution < 1.29 is 27.8 Å². The minimum atomic E-state index is -4.44. The van der Waals surface area contributed by atoms with Crippen LogP contribution in [0.15, 0.2) is 42.5 Å². The number of phenolic OH excluding ortho intramolecular Hbond substituents is 1. The Morgan fingerprint density at radius 3 is 2.41 bits per heavy atom. The number of esters is 1. The molecule has 0 saturated heterocycles. The molecule has 0 aliphatic carbocycles. The Balaban J connectivity index is 2.39. The maximum absolute atomic E-state index is 12.7. The number of carbonyl (C=O) groups is 1. The minimum Gasteiger partial charge on any atom is -0.507 e. The van der Waals surface area contributed by atoms with Gasteiger partial charge in [0.15, 0.2) is 0 Å². The van der Waals surface area contributed by atoms with Gasteiger partial charge in [0.25, 0.3) is 0 Å². The van der Waals surface area contributed by atoms with Crippen LogP contribution in [0.1, 0.15) is 22.8 Å². The van der Waals surface area contributed by atoms with Crippen LogP contribution in [0.25, 0.3) is 11.1 Å². The van der Waals surface area contributed by atoms with Crippen LogP contribution in [0, 0.1) is 0 Å². The van der Waals surface area contributed by atoms with E-state index in [9.17, 15) is 23.1 Å². The van der Waals surface area contributed by atoms with Gasteiger partial charge in [0, 0.05) is 0 Å². The summed E-state index contributed by atoms with van der Waals surface area (Å²) in [4.78, 5) is 11.6. The van der Waals surface area contributed by atoms with Crippen molar-refractivity contribution in [1.82, 2.24) is 0 Å². The standard InChI is InChI=1S/C16H13F3O3/c1-2-22-15(21)13-7-6-11(9-14(13)20)10-4-3-5-12(8-10)16(17,18)19/h3-9,20H,2H2,1H3. The second kappa shape index (κ2) is 6.09. The molecule has 2 aromatic rings. The average molecular weight is 310 g/mol. The summed E-state index contributed by atoms with van der Waals surface area (Å²) >= 11 is 0. The Morgan fingerprint density at radius 2 is 1.82 bits per heavy atom. The molecular formula is C16H13F3O3. The van der Waals surface area contributed by atoms with E-state index in [2.05, 4.69) is 0 Å². The molecule has 0 bridgehead atoms. The van der Waals surface area contributed by atoms with Gasteiger partial charge in [0.05, 0.1) is 12.2 Å². The molecular weight excluding hydrogens is 297 g/mol. The monoisotopic (exact) mass is 310 g/mol. The Hall–Kier alpha value is -2.50. The van der Waals surface area contributed by atoms with Crippen molar-refractivity contribution in [2.75, 3.05) is 6.61 Å². The topological polar surface area (TPSA) is 46.5 Å². The lowest BCUT2D eigenvalue weighted by Gasteiger charge is -2.10. The SMILES string of the molecule is CCOC(=O)c1ccc(-c2cccc(C(F)(F)F)c2)cc1O. The summed E-state index contributed by atoms with van der Waals surface area (Å²) < 4.78 is 42.9. The van der Waals surface area contributed by atoms with Crippen molar-refractivity contribution in [2.24, 2.45) is 0 Å². The summed E-state index contributed by atoms with van der Waals surface area (Å²) in [6, 6.07) is 8.75. The number of hydrogen-bond donors (Lipinski definition) is 1. The molecule has 1 N–H and O–H groups in total. The Kier molecular flexibility index (Phi) is 4.40. The van der Waals surface area contributed by atoms with Gasteiger partial charge < -0.3 is 9.84 Å². The summed E-state index contributed by atoms with van der Waals surface area (Å²) in [5.41, 5.74) is -0.145. The number of aromatic hydroxyl groups is 1. The highest BCUT2D eigenvalue weighted by atomic mass is 19.4. The third-order valence-electron chi connectivity index (χ3n) is 3.02. The van der Waals surface area contributed by atoms with Gasteiger partial charge in [-0.05, 0) is 42.3 Å². The van der Waals surface area contributed by atoms with Crippen molar-refractivity contribution in [3.05, 3.63) is 53.6 Å². The van der Waals surface area contributed by atoms with Crippen LogP contribution in [0.3, 0.4) is 0 Å². The molecule has 6 heteroatoms. The summed E-state index contributed by atoms with van der Waals surface area (Å²) in [7, 11) is 0. The van der Waals surface area contributed by atoms with Crippen LogP contribution >= 0.6 is 0 Å². The Morgan fingerprint density at radius 1 is 1.14 bits per heavy atom. The number of benzene rings is 2. The molecule has 0 amide bonds. The van der Waals surface area contributed by atoms with Crippen LogP contribution in [0.2, 0.25) is 0 Å². The number of alkyl halides is 3. The largest absolute Gasteiger partial charge is 0.507 e. The molecule has 0 aromatic heterocycles. The maximum atomic E-state index is 12.7. The molecule has 0 spiro atoms. The number of rotatable bonds is 3. The van der Waals surface area contributed by atoms with E-state index >= 15 is 0 Å². The third-order valence-corrected chi connectivity index (χ3v) is 3.02. The lowest BCUT2D eigenvalue weighted by Crippen LogP contribution is -2.05. The van der Waals surface area contributed by atoms with E-state index in [0.29, 0.717) is 11.1 Å². The molecule has 0 fully saturated rings. The molecule has 116 valence electrons. The Labute approximate surface area is 125 Å². The lowest BCUT2D eigenvalue weighted by atomic mass is 10.0. The van der Waals surface area contributed by atoms with Gasteiger partial charge in [-0.15, -0.1) is 0 Å². The van der Waals surface area contributed by atoms with Gasteiger partial charge >= 0.3 is 12.1 Å². The first-order valence-electron chi connectivity index (χ1n) is 6.50. The second-order valence-corrected chi connectivity index (χ2v) is 4.53. The van der Waals surface area contributed by atoms with E-state index in [-0.39, 0.29) is 17.9 Å². The summed E-state index contributed by atoms with van der Waals surface area (Å²) in [6.07, 6.45) is -4.44. The zero-order valence-corrected chi connectivity index (χ0v) is 11.6. The van der Waals surface area contributed by atoms with Crippen molar-refractivity contribution in [2.45, 2.75) is 13.1 Å². The first-order chi connectivity index (χ1) is 10.3. The summed E-state index contributed by atoms with van der Waals surface area (Å²) in [6.45, 7) is 1.79. The number of hydrogen-bond acceptors (Lipinski definition) is 3. The highest BCUT2D eigenvalue weighted by Crippen LogP contribution is 2.33. The summed E-state index contributed by atoms with van der Waals surface area (Å²) in [5.74, 6) is -1.02. The van der Waals surface area contributed by atoms with Gasteiger partial charge in [-0.1, -0.05) is 18.2 Å². The average Bonchev–Trinajstić information content (AvgIpc) is 2.46. The van der Waals surface area contributed by atoms with Gasteiger partial charge in [0.2, 0.25) is 0 Å². The molecule has 0 aliphatic rings. The fourth-order valence-electron chi connectivity index (χ4n) is 1.97. The second-order valence-electron chi connectivity index (χ2n) is 4.53. The predicted octanol–water partition coefficient (Wildman–Crippen LogP) is 4.25. The number of halogens is 3. The van der Waals surface area contributed by atoms with Crippen LogP contribution in [0.5, 0.6) is 5.75 Å². The fourth-order valence-corrected chi connectivity index (χ4v) is 1.97. The number of ether oxygens (including phenoxy) is 1. The molecule has 0 atom stereocenters. The van der Waals surface area contributed by atoms with Crippen LogP contribution in [0.4, 0.5) is 13.2 Å². The zero-order chi connectivity index (χ0) is 16.3. The van der Waals surface area contributed by atoms with E-state index in [1.54, 1.807) is 6.92 Å². The highest BCUT2D eigenvalue weighted by molar-refractivity contribution is 5.93. The molecule has 22 heavy (non-hydrogen) atoms. The van der Waals surface area contributed by atoms with E-state index < -0.39 is 17.7 Å². The van der Waals surface area contributed by atoms with Crippen LogP contribution in [-0.2, 0) is 10.9 Å². The van der Waals surface area contributed by atoms with Gasteiger partial charge in [-0.3, -0.25) is 0 Å². The molecule has 0 radical (unpaired) electrons.